The van der Waals surface area contributed by atoms with Crippen molar-refractivity contribution in [2.24, 2.45) is 5.92 Å². The van der Waals surface area contributed by atoms with Crippen LogP contribution in [0.15, 0.2) is 0 Å². The van der Waals surface area contributed by atoms with Crippen molar-refractivity contribution >= 4 is 11.8 Å². The first-order chi connectivity index (χ1) is 11.4. The van der Waals surface area contributed by atoms with Gasteiger partial charge in [-0.2, -0.15) is 0 Å². The highest BCUT2D eigenvalue weighted by Gasteiger charge is 2.31. The zero-order valence-corrected chi connectivity index (χ0v) is 15.6. The summed E-state index contributed by atoms with van der Waals surface area (Å²) in [5.41, 5.74) is 2.45. The number of H-pyrrole nitrogens is 1. The summed E-state index contributed by atoms with van der Waals surface area (Å²) in [6.45, 7) is 9.98. The number of ketones is 1. The van der Waals surface area contributed by atoms with Gasteiger partial charge in [0.05, 0.1) is 23.9 Å². The van der Waals surface area contributed by atoms with E-state index in [1.807, 2.05) is 20.8 Å². The lowest BCUT2D eigenvalue weighted by molar-refractivity contribution is -0.713. The van der Waals surface area contributed by atoms with Gasteiger partial charge < -0.3 is 15.0 Å². The van der Waals surface area contributed by atoms with Gasteiger partial charge in [-0.15, -0.1) is 0 Å². The third kappa shape index (κ3) is 3.89. The molecule has 1 aromatic rings. The number of esters is 1. The maximum atomic E-state index is 12.9. The minimum Gasteiger partial charge on any atom is -0.462 e. The molecule has 1 aromatic heterocycles. The molecule has 134 valence electrons. The summed E-state index contributed by atoms with van der Waals surface area (Å²) >= 11 is 0. The molecule has 5 nitrogen and oxygen atoms in total. The van der Waals surface area contributed by atoms with Crippen LogP contribution >= 0.6 is 0 Å². The zero-order chi connectivity index (χ0) is 17.9. The van der Waals surface area contributed by atoms with Crippen LogP contribution in [0, 0.1) is 19.8 Å². The van der Waals surface area contributed by atoms with Crippen LogP contribution in [0.2, 0.25) is 0 Å². The van der Waals surface area contributed by atoms with Gasteiger partial charge in [0.25, 0.3) is 0 Å². The van der Waals surface area contributed by atoms with E-state index in [0.717, 1.165) is 0 Å². The molecule has 0 saturated heterocycles. The molecular formula is C19H31N2O3+. The molecule has 0 aromatic carbocycles. The maximum Gasteiger partial charge on any atom is 0.340 e. The highest BCUT2D eigenvalue weighted by atomic mass is 16.5. The predicted octanol–water partition coefficient (Wildman–Crippen LogP) is 2.52. The van der Waals surface area contributed by atoms with Crippen molar-refractivity contribution in [2.45, 2.75) is 72.4 Å². The quantitative estimate of drug-likeness (QED) is 0.619. The number of aryl methyl sites for hydroxylation is 1. The van der Waals surface area contributed by atoms with E-state index in [1.54, 1.807) is 6.92 Å². The number of hydrogen-bond donors (Lipinski definition) is 2. The summed E-state index contributed by atoms with van der Waals surface area (Å²) in [6.07, 6.45) is 4.97. The predicted molar refractivity (Wildman–Crippen MR) is 93.4 cm³/mol. The molecule has 5 heteroatoms. The van der Waals surface area contributed by atoms with Crippen LogP contribution in [0.3, 0.4) is 0 Å². The van der Waals surface area contributed by atoms with Crippen LogP contribution < -0.4 is 5.32 Å². The van der Waals surface area contributed by atoms with E-state index in [2.05, 4.69) is 17.2 Å². The van der Waals surface area contributed by atoms with E-state index in [1.165, 1.54) is 25.7 Å². The van der Waals surface area contributed by atoms with E-state index in [4.69, 9.17) is 4.74 Å². The van der Waals surface area contributed by atoms with E-state index in [-0.39, 0.29) is 17.8 Å². The number of quaternary nitrogens is 1. The zero-order valence-electron chi connectivity index (χ0n) is 15.6. The molecule has 2 rings (SSSR count). The van der Waals surface area contributed by atoms with E-state index < -0.39 is 0 Å². The molecular weight excluding hydrogens is 304 g/mol. The number of nitrogens with two attached hydrogens (primary N) is 1. The van der Waals surface area contributed by atoms with Crippen molar-refractivity contribution in [1.82, 2.24) is 4.98 Å². The molecule has 0 aliphatic heterocycles. The van der Waals surface area contributed by atoms with Crippen LogP contribution in [0.25, 0.3) is 0 Å². The van der Waals surface area contributed by atoms with Crippen molar-refractivity contribution in [3.8, 4) is 0 Å². The Labute approximate surface area is 144 Å². The summed E-state index contributed by atoms with van der Waals surface area (Å²) in [5.74, 6) is 0.347. The molecule has 24 heavy (non-hydrogen) atoms. The number of ether oxygens (including phenoxy) is 1. The van der Waals surface area contributed by atoms with Gasteiger partial charge in [0, 0.05) is 11.6 Å². The molecule has 0 amide bonds. The number of hydrogen-bond acceptors (Lipinski definition) is 3. The topological polar surface area (TPSA) is 75.8 Å². The molecule has 0 spiro atoms. The Morgan fingerprint density at radius 2 is 1.96 bits per heavy atom. The van der Waals surface area contributed by atoms with Crippen molar-refractivity contribution in [1.29, 1.82) is 0 Å². The molecule has 0 unspecified atom stereocenters. The van der Waals surface area contributed by atoms with Gasteiger partial charge in [-0.05, 0) is 52.5 Å². The lowest BCUT2D eigenvalue weighted by atomic mass is 9.85. The fraction of sp³-hybridized carbons (Fsp3) is 0.684. The Hall–Kier alpha value is -1.62. The highest BCUT2D eigenvalue weighted by Crippen LogP contribution is 2.22. The van der Waals surface area contributed by atoms with Crippen molar-refractivity contribution < 1.29 is 19.6 Å². The Morgan fingerprint density at radius 3 is 2.58 bits per heavy atom. The van der Waals surface area contributed by atoms with Gasteiger partial charge in [-0.3, -0.25) is 4.79 Å². The largest absolute Gasteiger partial charge is 0.462 e. The standard InChI is InChI=1S/C19H30N2O3/c1-6-24-19(23)16-12(3)17(21-13(16)4)18(22)14(5)20-15-10-8-7-9-11(15)2/h11,14-15,20-21H,6-10H2,1-5H3/p+1/t11-,14-,15-/m0/s1. The van der Waals surface area contributed by atoms with Crippen LogP contribution in [-0.4, -0.2) is 35.4 Å². The summed E-state index contributed by atoms with van der Waals surface area (Å²) in [5, 5.41) is 2.21. The second kappa shape index (κ2) is 7.97. The normalized spacial score (nSPS) is 22.2. The first-order valence-corrected chi connectivity index (χ1v) is 9.12. The third-order valence-corrected chi connectivity index (χ3v) is 5.29. The summed E-state index contributed by atoms with van der Waals surface area (Å²) in [4.78, 5) is 28.1. The number of aromatic amines is 1. The molecule has 1 fully saturated rings. The third-order valence-electron chi connectivity index (χ3n) is 5.29. The molecule has 0 bridgehead atoms. The van der Waals surface area contributed by atoms with Crippen molar-refractivity contribution in [3.05, 3.63) is 22.5 Å². The van der Waals surface area contributed by atoms with Crippen LogP contribution in [0.4, 0.5) is 0 Å². The van der Waals surface area contributed by atoms with Gasteiger partial charge in [0.2, 0.25) is 5.78 Å². The number of aromatic nitrogens is 1. The Morgan fingerprint density at radius 1 is 1.29 bits per heavy atom. The van der Waals surface area contributed by atoms with Crippen molar-refractivity contribution in [2.75, 3.05) is 6.61 Å². The maximum absolute atomic E-state index is 12.9. The summed E-state index contributed by atoms with van der Waals surface area (Å²) in [6, 6.07) is 0.362. The minimum absolute atomic E-state index is 0.0592. The Bertz CT molecular complexity index is 606. The average Bonchev–Trinajstić information content (AvgIpc) is 2.83. The second-order valence-electron chi connectivity index (χ2n) is 7.12. The first kappa shape index (κ1) is 18.7. The fourth-order valence-corrected chi connectivity index (χ4v) is 3.82. The van der Waals surface area contributed by atoms with Gasteiger partial charge in [0.15, 0.2) is 0 Å². The van der Waals surface area contributed by atoms with Gasteiger partial charge in [-0.25, -0.2) is 4.79 Å². The first-order valence-electron chi connectivity index (χ1n) is 9.12. The second-order valence-corrected chi connectivity index (χ2v) is 7.12. The highest BCUT2D eigenvalue weighted by molar-refractivity contribution is 6.03. The molecule has 1 aliphatic carbocycles. The molecule has 1 saturated carbocycles. The Balaban J connectivity index is 2.14. The monoisotopic (exact) mass is 335 g/mol. The molecule has 3 N–H and O–H groups in total. The van der Waals surface area contributed by atoms with E-state index >= 15 is 0 Å². The molecule has 0 radical (unpaired) electrons. The van der Waals surface area contributed by atoms with Crippen LogP contribution in [0.5, 0.6) is 0 Å². The lowest BCUT2D eigenvalue weighted by Gasteiger charge is -2.28. The number of Topliss-reactive ketones (excluding diaryl/α,β-unsaturated/α-hetero) is 1. The van der Waals surface area contributed by atoms with E-state index in [0.29, 0.717) is 41.1 Å². The minimum atomic E-state index is -0.361. The molecule has 3 atom stereocenters. The number of nitrogens with one attached hydrogen (secondary N) is 1. The number of carbonyl (C=O) groups is 2. The molecule has 1 heterocycles. The number of carbonyl (C=O) groups excluding carboxylic acids is 2. The van der Waals surface area contributed by atoms with Crippen molar-refractivity contribution in [3.63, 3.8) is 0 Å². The van der Waals surface area contributed by atoms with E-state index in [9.17, 15) is 9.59 Å². The SMILES string of the molecule is CCOC(=O)c1c(C)[nH]c(C(=O)[C@H](C)[NH2+][C@H]2CCCC[C@@H]2C)c1C. The summed E-state index contributed by atoms with van der Waals surface area (Å²) < 4.78 is 5.10. The van der Waals surface area contributed by atoms with Gasteiger partial charge >= 0.3 is 5.97 Å². The van der Waals surface area contributed by atoms with Crippen LogP contribution in [-0.2, 0) is 4.74 Å². The smallest absolute Gasteiger partial charge is 0.340 e. The average molecular weight is 335 g/mol. The lowest BCUT2D eigenvalue weighted by Crippen LogP contribution is -2.97. The van der Waals surface area contributed by atoms with Gasteiger partial charge in [0.1, 0.15) is 6.04 Å². The Kier molecular flexibility index (Phi) is 6.21. The summed E-state index contributed by atoms with van der Waals surface area (Å²) in [7, 11) is 0. The van der Waals surface area contributed by atoms with Gasteiger partial charge in [-0.1, -0.05) is 13.3 Å². The van der Waals surface area contributed by atoms with Crippen LogP contribution in [0.1, 0.15) is 78.6 Å². The molecule has 1 aliphatic rings. The number of rotatable bonds is 6. The fourth-order valence-electron chi connectivity index (χ4n) is 3.82.